The van der Waals surface area contributed by atoms with Crippen molar-refractivity contribution in [3.8, 4) is 10.6 Å². The van der Waals surface area contributed by atoms with Gasteiger partial charge in [-0.15, -0.1) is 22.7 Å². The van der Waals surface area contributed by atoms with Gasteiger partial charge in [-0.25, -0.2) is 9.78 Å². The number of carbonyl (C=O) groups excluding carboxylic acids is 2. The van der Waals surface area contributed by atoms with Crippen LogP contribution < -0.4 is 5.32 Å². The maximum Gasteiger partial charge on any atom is 0.341 e. The molecule has 0 spiro atoms. The molecular weight excluding hydrogens is 452 g/mol. The molecule has 156 valence electrons. The van der Waals surface area contributed by atoms with E-state index in [1.54, 1.807) is 6.07 Å². The van der Waals surface area contributed by atoms with E-state index in [9.17, 15) is 9.59 Å². The summed E-state index contributed by atoms with van der Waals surface area (Å²) in [6.07, 6.45) is 2.76. The molecule has 0 atom stereocenters. The van der Waals surface area contributed by atoms with E-state index in [0.29, 0.717) is 26.2 Å². The number of methoxy groups -OCH3 is 1. The predicted molar refractivity (Wildman–Crippen MR) is 126 cm³/mol. The van der Waals surface area contributed by atoms with E-state index < -0.39 is 5.97 Å². The average Bonchev–Trinajstić information content (AvgIpc) is 3.48. The van der Waals surface area contributed by atoms with Gasteiger partial charge in [-0.2, -0.15) is 0 Å². The van der Waals surface area contributed by atoms with Crippen LogP contribution in [0.25, 0.3) is 21.5 Å². The Labute approximate surface area is 191 Å². The summed E-state index contributed by atoms with van der Waals surface area (Å²) in [7, 11) is 1.36. The molecule has 0 radical (unpaired) electrons. The standard InChI is InChI=1S/C23H17ClN2O3S2/c1-29-23(28)20-13-6-4-8-17(13)31-22(20)26-21(27)14-11-16(18-9-10-19(24)30-18)25-15-7-3-2-5-12(14)15/h2-3,5,7,9-11H,4,6,8H2,1H3,(H,26,27). The Bertz CT molecular complexity index is 1340. The maximum atomic E-state index is 13.4. The monoisotopic (exact) mass is 468 g/mol. The largest absolute Gasteiger partial charge is 0.465 e. The Morgan fingerprint density at radius 2 is 1.97 bits per heavy atom. The summed E-state index contributed by atoms with van der Waals surface area (Å²) in [5.74, 6) is -0.698. The number of anilines is 1. The maximum absolute atomic E-state index is 13.4. The van der Waals surface area contributed by atoms with Gasteiger partial charge in [-0.3, -0.25) is 4.79 Å². The number of nitrogens with one attached hydrogen (secondary N) is 1. The zero-order valence-corrected chi connectivity index (χ0v) is 18.9. The van der Waals surface area contributed by atoms with Crippen LogP contribution in [0.5, 0.6) is 0 Å². The zero-order valence-electron chi connectivity index (χ0n) is 16.5. The lowest BCUT2D eigenvalue weighted by Crippen LogP contribution is -2.15. The fourth-order valence-electron chi connectivity index (χ4n) is 3.92. The third-order valence-corrected chi connectivity index (χ3v) is 7.79. The fraction of sp³-hybridized carbons (Fsp3) is 0.174. The number of esters is 1. The van der Waals surface area contributed by atoms with Crippen molar-refractivity contribution in [3.63, 3.8) is 0 Å². The van der Waals surface area contributed by atoms with Gasteiger partial charge >= 0.3 is 5.97 Å². The smallest absolute Gasteiger partial charge is 0.341 e. The topological polar surface area (TPSA) is 68.3 Å². The Morgan fingerprint density at radius 1 is 1.13 bits per heavy atom. The number of halogens is 1. The molecule has 0 unspecified atom stereocenters. The first-order chi connectivity index (χ1) is 15.0. The van der Waals surface area contributed by atoms with Crippen LogP contribution in [-0.2, 0) is 17.6 Å². The van der Waals surface area contributed by atoms with Gasteiger partial charge in [0.25, 0.3) is 5.91 Å². The molecule has 0 aliphatic heterocycles. The number of ether oxygens (including phenoxy) is 1. The highest BCUT2D eigenvalue weighted by Gasteiger charge is 2.28. The van der Waals surface area contributed by atoms with Crippen LogP contribution in [0.4, 0.5) is 5.00 Å². The van der Waals surface area contributed by atoms with Gasteiger partial charge in [0.2, 0.25) is 0 Å². The first-order valence-electron chi connectivity index (χ1n) is 9.75. The van der Waals surface area contributed by atoms with E-state index >= 15 is 0 Å². The number of hydrogen-bond donors (Lipinski definition) is 1. The molecule has 0 bridgehead atoms. The summed E-state index contributed by atoms with van der Waals surface area (Å²) in [6, 6.07) is 13.0. The van der Waals surface area contributed by atoms with Crippen LogP contribution >= 0.6 is 34.3 Å². The lowest BCUT2D eigenvalue weighted by atomic mass is 10.1. The molecular formula is C23H17ClN2O3S2. The number of pyridine rings is 1. The first kappa shape index (κ1) is 20.2. The lowest BCUT2D eigenvalue weighted by molar-refractivity contribution is 0.0601. The Hall–Kier alpha value is -2.74. The van der Waals surface area contributed by atoms with Gasteiger partial charge < -0.3 is 10.1 Å². The third-order valence-electron chi connectivity index (χ3n) is 5.32. The van der Waals surface area contributed by atoms with Crippen LogP contribution in [-0.4, -0.2) is 24.0 Å². The second kappa shape index (κ2) is 8.07. The van der Waals surface area contributed by atoms with Gasteiger partial charge in [-0.1, -0.05) is 29.8 Å². The van der Waals surface area contributed by atoms with Gasteiger partial charge in [0.05, 0.1) is 38.7 Å². The number of carbonyl (C=O) groups is 2. The summed E-state index contributed by atoms with van der Waals surface area (Å²) in [5, 5.41) is 4.27. The number of hydrogen-bond acceptors (Lipinski definition) is 6. The summed E-state index contributed by atoms with van der Waals surface area (Å²) >= 11 is 8.98. The quantitative estimate of drug-likeness (QED) is 0.362. The SMILES string of the molecule is COC(=O)c1c(NC(=O)c2cc(-c3ccc(Cl)s3)nc3ccccc23)sc2c1CCC2. The minimum atomic E-state index is -0.414. The highest BCUT2D eigenvalue weighted by molar-refractivity contribution is 7.19. The van der Waals surface area contributed by atoms with E-state index in [-0.39, 0.29) is 5.91 Å². The zero-order chi connectivity index (χ0) is 21.5. The minimum Gasteiger partial charge on any atom is -0.465 e. The number of aryl methyl sites for hydroxylation is 1. The van der Waals surface area contributed by atoms with Crippen molar-refractivity contribution in [2.45, 2.75) is 19.3 Å². The third kappa shape index (κ3) is 3.63. The van der Waals surface area contributed by atoms with E-state index in [4.69, 9.17) is 21.3 Å². The van der Waals surface area contributed by atoms with Crippen molar-refractivity contribution >= 4 is 62.1 Å². The van der Waals surface area contributed by atoms with Gasteiger partial charge in [0.1, 0.15) is 5.00 Å². The van der Waals surface area contributed by atoms with E-state index in [2.05, 4.69) is 5.32 Å². The second-order valence-electron chi connectivity index (χ2n) is 7.18. The van der Waals surface area contributed by atoms with E-state index in [1.165, 1.54) is 29.8 Å². The molecule has 3 heterocycles. The molecule has 1 aliphatic rings. The Kier molecular flexibility index (Phi) is 5.25. The second-order valence-corrected chi connectivity index (χ2v) is 10.0. The minimum absolute atomic E-state index is 0.285. The number of amides is 1. The molecule has 1 aromatic carbocycles. The fourth-order valence-corrected chi connectivity index (χ4v) is 6.20. The van der Waals surface area contributed by atoms with Crippen molar-refractivity contribution in [2.24, 2.45) is 0 Å². The Morgan fingerprint density at radius 3 is 2.74 bits per heavy atom. The molecule has 0 saturated heterocycles. The number of benzene rings is 1. The molecule has 1 aliphatic carbocycles. The number of fused-ring (bicyclic) bond motifs is 2. The highest BCUT2D eigenvalue weighted by atomic mass is 35.5. The summed E-state index contributed by atoms with van der Waals surface area (Å²) in [5.41, 5.74) is 3.38. The van der Waals surface area contributed by atoms with Crippen LogP contribution in [0.2, 0.25) is 4.34 Å². The first-order valence-corrected chi connectivity index (χ1v) is 11.8. The van der Waals surface area contributed by atoms with Crippen molar-refractivity contribution in [3.05, 3.63) is 68.4 Å². The van der Waals surface area contributed by atoms with E-state index in [1.807, 2.05) is 36.4 Å². The van der Waals surface area contributed by atoms with Gasteiger partial charge in [0.15, 0.2) is 0 Å². The molecule has 31 heavy (non-hydrogen) atoms. The van der Waals surface area contributed by atoms with Crippen molar-refractivity contribution in [1.29, 1.82) is 0 Å². The number of rotatable bonds is 4. The van der Waals surface area contributed by atoms with E-state index in [0.717, 1.165) is 45.5 Å². The molecule has 8 heteroatoms. The summed E-state index contributed by atoms with van der Waals surface area (Å²) in [6.45, 7) is 0. The van der Waals surface area contributed by atoms with Gasteiger partial charge in [0, 0.05) is 10.3 Å². The number of aromatic nitrogens is 1. The number of nitrogens with zero attached hydrogens (tertiary/aromatic N) is 1. The van der Waals surface area contributed by atoms with Crippen LogP contribution in [0.15, 0.2) is 42.5 Å². The van der Waals surface area contributed by atoms with Crippen LogP contribution in [0.1, 0.15) is 37.6 Å². The van der Waals surface area contributed by atoms with Crippen molar-refractivity contribution in [2.75, 3.05) is 12.4 Å². The van der Waals surface area contributed by atoms with Crippen molar-refractivity contribution < 1.29 is 14.3 Å². The molecule has 4 aromatic rings. The summed E-state index contributed by atoms with van der Waals surface area (Å²) < 4.78 is 5.65. The molecule has 0 saturated carbocycles. The predicted octanol–water partition coefficient (Wildman–Crippen LogP) is 6.21. The van der Waals surface area contributed by atoms with Crippen LogP contribution in [0.3, 0.4) is 0 Å². The normalized spacial score (nSPS) is 12.7. The van der Waals surface area contributed by atoms with Crippen LogP contribution in [0, 0.1) is 0 Å². The molecule has 1 amide bonds. The summed E-state index contributed by atoms with van der Waals surface area (Å²) in [4.78, 5) is 32.6. The lowest BCUT2D eigenvalue weighted by Gasteiger charge is -2.10. The molecule has 5 rings (SSSR count). The Balaban J connectivity index is 1.59. The average molecular weight is 469 g/mol. The van der Waals surface area contributed by atoms with Gasteiger partial charge in [-0.05, 0) is 49.1 Å². The van der Waals surface area contributed by atoms with Crippen molar-refractivity contribution in [1.82, 2.24) is 4.98 Å². The molecule has 3 aromatic heterocycles. The number of para-hydroxylation sites is 1. The highest BCUT2D eigenvalue weighted by Crippen LogP contribution is 2.40. The number of thiophene rings is 2. The molecule has 5 nitrogen and oxygen atoms in total. The molecule has 1 N–H and O–H groups in total. The molecule has 0 fully saturated rings.